The number of likely N-dealkylation sites (tertiary alicyclic amines) is 1. The van der Waals surface area contributed by atoms with Crippen LogP contribution in [0.4, 0.5) is 0 Å². The molecule has 1 saturated carbocycles. The van der Waals surface area contributed by atoms with Gasteiger partial charge in [0.2, 0.25) is 35.4 Å². The molecule has 3 aromatic carbocycles. The second kappa shape index (κ2) is 32.4. The van der Waals surface area contributed by atoms with Crippen molar-refractivity contribution < 1.29 is 57.4 Å². The van der Waals surface area contributed by atoms with Gasteiger partial charge in [-0.3, -0.25) is 43.2 Å². The molecule has 5 N–H and O–H groups in total. The van der Waals surface area contributed by atoms with E-state index in [0.717, 1.165) is 49.7 Å². The minimum atomic E-state index is -1.23. The van der Waals surface area contributed by atoms with E-state index in [4.69, 9.17) is 14.2 Å². The molecule has 1 heterocycles. The molecule has 0 radical (unpaired) electrons. The highest BCUT2D eigenvalue weighted by Crippen LogP contribution is 2.31. The van der Waals surface area contributed by atoms with Crippen LogP contribution in [-0.2, 0) is 55.9 Å². The van der Waals surface area contributed by atoms with Gasteiger partial charge in [0.25, 0.3) is 11.7 Å². The number of methoxy groups -OCH3 is 1. The Labute approximate surface area is 476 Å². The first-order chi connectivity index (χ1) is 38.8. The lowest BCUT2D eigenvalue weighted by Gasteiger charge is -2.35. The van der Waals surface area contributed by atoms with E-state index >= 15 is 0 Å². The van der Waals surface area contributed by atoms with Gasteiger partial charge >= 0.3 is 5.97 Å². The number of hydrogen-bond donors (Lipinski definition) is 5. The van der Waals surface area contributed by atoms with Crippen LogP contribution in [0.3, 0.4) is 0 Å². The van der Waals surface area contributed by atoms with Gasteiger partial charge in [-0.15, -0.1) is 0 Å². The van der Waals surface area contributed by atoms with E-state index in [0.29, 0.717) is 25.0 Å². The molecule has 5 atom stereocenters. The molecule has 2 aliphatic rings. The number of ether oxygens (including phenoxy) is 3. The summed E-state index contributed by atoms with van der Waals surface area (Å²) in [6.45, 7) is 10.5. The van der Waals surface area contributed by atoms with Gasteiger partial charge in [0.1, 0.15) is 42.4 Å². The number of Topliss-reactive ketones (excluding diaryl/α,β-unsaturated/α-hetero) is 1. The third-order valence-corrected chi connectivity index (χ3v) is 14.5. The lowest BCUT2D eigenvalue weighted by Crippen LogP contribution is -2.60. The summed E-state index contributed by atoms with van der Waals surface area (Å²) in [5, 5.41) is 13.8. The average molecular weight is 1120 g/mol. The average Bonchev–Trinajstić information content (AvgIpc) is 3.46. The Morgan fingerprint density at radius 1 is 0.753 bits per heavy atom. The van der Waals surface area contributed by atoms with Crippen LogP contribution in [-0.4, -0.2) is 139 Å². The third kappa shape index (κ3) is 20.3. The molecule has 438 valence electrons. The van der Waals surface area contributed by atoms with Crippen molar-refractivity contribution in [2.45, 2.75) is 153 Å². The number of nitrogens with one attached hydrogen (secondary N) is 5. The van der Waals surface area contributed by atoms with E-state index in [2.05, 4.69) is 33.2 Å². The molecule has 1 aliphatic carbocycles. The first kappa shape index (κ1) is 64.0. The number of esters is 1. The minimum Gasteiger partial charge on any atom is -0.493 e. The van der Waals surface area contributed by atoms with Crippen molar-refractivity contribution in [3.05, 3.63) is 120 Å². The summed E-state index contributed by atoms with van der Waals surface area (Å²) in [7, 11) is 2.89. The lowest BCUT2D eigenvalue weighted by molar-refractivity contribution is -0.159. The monoisotopic (exact) mass is 1120 g/mol. The zero-order chi connectivity index (χ0) is 58.9. The Balaban J connectivity index is 1.21. The number of aryl methyl sites for hydroxylation is 1. The van der Waals surface area contributed by atoms with Crippen LogP contribution in [0.1, 0.15) is 126 Å². The summed E-state index contributed by atoms with van der Waals surface area (Å²) < 4.78 is 16.8. The number of hydrogen-bond acceptors (Lipinski definition) is 12. The highest BCUT2D eigenvalue weighted by atomic mass is 16.6. The van der Waals surface area contributed by atoms with Gasteiger partial charge < -0.3 is 50.6 Å². The van der Waals surface area contributed by atoms with Crippen molar-refractivity contribution in [2.24, 2.45) is 5.92 Å². The number of rotatable bonds is 28. The summed E-state index contributed by atoms with van der Waals surface area (Å²) in [4.78, 5) is 126. The Morgan fingerprint density at radius 3 is 2.07 bits per heavy atom. The molecular formula is C62H83N7O12. The fourth-order valence-corrected chi connectivity index (χ4v) is 9.90. The standard InChI is InChI=1S/C62H83N7O12/c1-8-38-80-51-40-46(31-33-50(51)79-7)55(72)61(78)69-37-23-19-28-49(69)58(75)65-47(32-30-44-24-14-12-15-25-44)57(74)64-43(4)56(73)67-54(42(2)3)59(76)66-48(39-45-26-16-13-17-27-45)60(77)68(6)41-52(70)63-36-22-18-29-53(71)81-62(5)34-20-10-9-11-21-35-62/h8,12-18,22,24-27,31,33,40,42-43,47-49,54H,1,9-11,19-21,23,28-30,32,34-39,41H2,2-7H3,(H,63,70)(H,64,74)(H,65,75)(H,66,76)(H,67,73)/b22-18+. The van der Waals surface area contributed by atoms with Crippen LogP contribution in [0, 0.1) is 5.92 Å². The van der Waals surface area contributed by atoms with Crippen molar-refractivity contribution in [3.63, 3.8) is 0 Å². The SMILES string of the molecule is C=CCOc1cc(C(=O)C(=O)N2CCCCC2C(=O)NC(CCc2ccccc2)C(=O)NC(C)C(=O)NC(C(=O)NC(Cc2ccccc2)C(=O)N(C)CC(=O)NC/C=C/CC(=O)OC2(C)CCCCCCC2)C(C)C)ccc1OC. The molecule has 19 nitrogen and oxygen atoms in total. The second-order valence-electron chi connectivity index (χ2n) is 21.5. The van der Waals surface area contributed by atoms with Crippen LogP contribution in [0.2, 0.25) is 0 Å². The minimum absolute atomic E-state index is 0.0340. The van der Waals surface area contributed by atoms with Gasteiger partial charge in [-0.05, 0) is 107 Å². The summed E-state index contributed by atoms with van der Waals surface area (Å²) >= 11 is 0. The number of ketones is 1. The fraction of sp³-hybridized carbons (Fsp3) is 0.500. The topological polar surface area (TPSA) is 248 Å². The van der Waals surface area contributed by atoms with Crippen LogP contribution < -0.4 is 36.1 Å². The molecule has 0 aromatic heterocycles. The smallest absolute Gasteiger partial charge is 0.310 e. The number of piperidine rings is 1. The molecule has 3 aromatic rings. The quantitative estimate of drug-likeness (QED) is 0.0248. The van der Waals surface area contributed by atoms with Gasteiger partial charge in [0.05, 0.1) is 20.1 Å². The Bertz CT molecular complexity index is 2650. The maximum atomic E-state index is 14.2. The summed E-state index contributed by atoms with van der Waals surface area (Å²) in [6, 6.07) is 16.8. The number of likely N-dealkylation sites (N-methyl/N-ethyl adjacent to an activating group) is 1. The number of carbonyl (C=O) groups is 9. The number of nitrogens with zero attached hydrogens (tertiary/aromatic N) is 2. The van der Waals surface area contributed by atoms with E-state index in [-0.39, 0.29) is 69.2 Å². The van der Waals surface area contributed by atoms with Crippen LogP contribution in [0.5, 0.6) is 11.5 Å². The third-order valence-electron chi connectivity index (χ3n) is 14.5. The molecule has 1 aliphatic heterocycles. The molecule has 2 fully saturated rings. The summed E-state index contributed by atoms with van der Waals surface area (Å²) in [5.41, 5.74) is 1.17. The Hall–Kier alpha value is -7.83. The molecule has 5 rings (SSSR count). The highest BCUT2D eigenvalue weighted by Gasteiger charge is 2.38. The van der Waals surface area contributed by atoms with E-state index in [1.807, 2.05) is 43.3 Å². The normalized spacial score (nSPS) is 16.6. The summed E-state index contributed by atoms with van der Waals surface area (Å²) in [5.74, 6) is -5.78. The molecular weight excluding hydrogens is 1030 g/mol. The van der Waals surface area contributed by atoms with Crippen molar-refractivity contribution >= 4 is 53.1 Å². The van der Waals surface area contributed by atoms with Crippen LogP contribution in [0.25, 0.3) is 0 Å². The largest absolute Gasteiger partial charge is 0.493 e. The first-order valence-corrected chi connectivity index (χ1v) is 28.3. The van der Waals surface area contributed by atoms with Crippen molar-refractivity contribution in [1.82, 2.24) is 36.4 Å². The molecule has 0 spiro atoms. The van der Waals surface area contributed by atoms with Gasteiger partial charge in [-0.25, -0.2) is 0 Å². The van der Waals surface area contributed by atoms with Gasteiger partial charge in [0, 0.05) is 32.1 Å². The van der Waals surface area contributed by atoms with E-state index in [1.165, 1.54) is 61.6 Å². The Morgan fingerprint density at radius 2 is 1.42 bits per heavy atom. The molecule has 19 heteroatoms. The van der Waals surface area contributed by atoms with E-state index in [1.54, 1.807) is 50.3 Å². The van der Waals surface area contributed by atoms with Crippen molar-refractivity contribution in [1.29, 1.82) is 0 Å². The van der Waals surface area contributed by atoms with Crippen LogP contribution >= 0.6 is 0 Å². The van der Waals surface area contributed by atoms with E-state index < -0.39 is 88.9 Å². The lowest BCUT2D eigenvalue weighted by atomic mass is 9.88. The van der Waals surface area contributed by atoms with Gasteiger partial charge in [-0.2, -0.15) is 0 Å². The number of amides is 7. The molecule has 1 saturated heterocycles. The second-order valence-corrected chi connectivity index (χ2v) is 21.5. The molecule has 0 bridgehead atoms. The predicted octanol–water partition coefficient (Wildman–Crippen LogP) is 5.88. The molecule has 5 unspecified atom stereocenters. The van der Waals surface area contributed by atoms with Gasteiger partial charge in [-0.1, -0.05) is 119 Å². The highest BCUT2D eigenvalue weighted by molar-refractivity contribution is 6.43. The predicted molar refractivity (Wildman–Crippen MR) is 307 cm³/mol. The fourth-order valence-electron chi connectivity index (χ4n) is 9.90. The maximum Gasteiger partial charge on any atom is 0.310 e. The summed E-state index contributed by atoms with van der Waals surface area (Å²) in [6.07, 6.45) is 13.9. The number of carbonyl (C=O) groups excluding carboxylic acids is 9. The van der Waals surface area contributed by atoms with Crippen molar-refractivity contribution in [2.75, 3.05) is 40.4 Å². The van der Waals surface area contributed by atoms with Gasteiger partial charge in [0.15, 0.2) is 11.5 Å². The maximum absolute atomic E-state index is 14.2. The number of benzene rings is 3. The molecule has 7 amide bonds. The Kier molecular flexibility index (Phi) is 25.6. The zero-order valence-electron chi connectivity index (χ0n) is 47.9. The first-order valence-electron chi connectivity index (χ1n) is 28.3. The van der Waals surface area contributed by atoms with Crippen molar-refractivity contribution in [3.8, 4) is 11.5 Å². The molecule has 81 heavy (non-hydrogen) atoms. The van der Waals surface area contributed by atoms with E-state index in [9.17, 15) is 43.2 Å². The zero-order valence-corrected chi connectivity index (χ0v) is 47.9. The van der Waals surface area contributed by atoms with Crippen LogP contribution in [0.15, 0.2) is 104 Å².